The van der Waals surface area contributed by atoms with Gasteiger partial charge in [-0.2, -0.15) is 13.2 Å². The smallest absolute Gasteiger partial charge is 0.382 e. The molecule has 0 bridgehead atoms. The molecule has 3 aromatic carbocycles. The molecule has 0 fully saturated rings. The van der Waals surface area contributed by atoms with E-state index in [2.05, 4.69) is 36.4 Å². The summed E-state index contributed by atoms with van der Waals surface area (Å²) in [5, 5.41) is 8.23. The largest absolute Gasteiger partial charge is 0.416 e. The van der Waals surface area contributed by atoms with Crippen LogP contribution in [0.4, 0.5) is 30.4 Å². The van der Waals surface area contributed by atoms with Crippen molar-refractivity contribution in [2.75, 3.05) is 23.0 Å². The maximum absolute atomic E-state index is 13.0. The van der Waals surface area contributed by atoms with Crippen LogP contribution in [0.3, 0.4) is 0 Å². The van der Waals surface area contributed by atoms with E-state index < -0.39 is 11.7 Å². The summed E-state index contributed by atoms with van der Waals surface area (Å²) in [6.45, 7) is 6.54. The summed E-state index contributed by atoms with van der Waals surface area (Å²) in [7, 11) is 0. The molecule has 190 valence electrons. The van der Waals surface area contributed by atoms with Crippen molar-refractivity contribution < 1.29 is 13.2 Å². The third-order valence-electron chi connectivity index (χ3n) is 6.19. The van der Waals surface area contributed by atoms with Crippen molar-refractivity contribution in [2.24, 2.45) is 0 Å². The summed E-state index contributed by atoms with van der Waals surface area (Å²) >= 11 is 0. The Bertz CT molecular complexity index is 1600. The molecule has 0 radical (unpaired) electrons. The van der Waals surface area contributed by atoms with Crippen LogP contribution in [0.2, 0.25) is 0 Å². The van der Waals surface area contributed by atoms with Gasteiger partial charge in [0.15, 0.2) is 0 Å². The average molecular weight is 505 g/mol. The number of nitrogens with one attached hydrogen (secondary N) is 2. The van der Waals surface area contributed by atoms with Crippen molar-refractivity contribution in [1.29, 1.82) is 0 Å². The highest BCUT2D eigenvalue weighted by molar-refractivity contribution is 6.06. The molecule has 9 heteroatoms. The molecular weight excluding hydrogens is 477 g/mol. The van der Waals surface area contributed by atoms with Crippen LogP contribution in [0.25, 0.3) is 27.5 Å². The van der Waals surface area contributed by atoms with Crippen LogP contribution >= 0.6 is 0 Å². The Morgan fingerprint density at radius 2 is 1.68 bits per heavy atom. The lowest BCUT2D eigenvalue weighted by molar-refractivity contribution is -0.137. The van der Waals surface area contributed by atoms with E-state index in [4.69, 9.17) is 10.7 Å². The van der Waals surface area contributed by atoms with Crippen LogP contribution in [-0.4, -0.2) is 21.0 Å². The van der Waals surface area contributed by atoms with Crippen molar-refractivity contribution >= 4 is 33.5 Å². The number of anilines is 3. The quantitative estimate of drug-likeness (QED) is 0.226. The molecule has 37 heavy (non-hydrogen) atoms. The minimum Gasteiger partial charge on any atom is -0.382 e. The number of nitrogens with two attached hydrogens (primary N) is 1. The number of hydrogen-bond donors (Lipinski definition) is 3. The molecule has 2 aromatic heterocycles. The van der Waals surface area contributed by atoms with E-state index in [0.29, 0.717) is 11.5 Å². The van der Waals surface area contributed by atoms with Crippen LogP contribution in [0, 0.1) is 0 Å². The minimum atomic E-state index is -4.39. The molecule has 0 spiro atoms. The summed E-state index contributed by atoms with van der Waals surface area (Å²) < 4.78 is 41.1. The van der Waals surface area contributed by atoms with Crippen LogP contribution in [0.5, 0.6) is 0 Å². The normalized spacial score (nSPS) is 12.3. The van der Waals surface area contributed by atoms with E-state index in [-0.39, 0.29) is 12.1 Å². The number of aromatic nitrogens is 3. The van der Waals surface area contributed by atoms with Gasteiger partial charge in [0.25, 0.3) is 0 Å². The van der Waals surface area contributed by atoms with Crippen molar-refractivity contribution in [3.05, 3.63) is 84.4 Å². The van der Waals surface area contributed by atoms with Crippen molar-refractivity contribution in [3.63, 3.8) is 0 Å². The Morgan fingerprint density at radius 3 is 2.41 bits per heavy atom. The zero-order valence-corrected chi connectivity index (χ0v) is 20.7. The summed E-state index contributed by atoms with van der Waals surface area (Å²) in [5.74, 6) is 1.28. The molecule has 0 amide bonds. The average Bonchev–Trinajstić information content (AvgIpc) is 3.25. The van der Waals surface area contributed by atoms with Gasteiger partial charge in [-0.15, -0.1) is 0 Å². The molecule has 0 saturated heterocycles. The molecule has 0 aliphatic rings. The molecule has 0 atom stereocenters. The maximum atomic E-state index is 13.0. The first-order valence-electron chi connectivity index (χ1n) is 11.8. The van der Waals surface area contributed by atoms with E-state index in [9.17, 15) is 13.2 Å². The highest BCUT2D eigenvalue weighted by Crippen LogP contribution is 2.38. The number of halogens is 3. The SMILES string of the molecule is CC(C)(C)c1nc(-c2ccc(NCNc3cccc(C(F)(F)F)c3)c3ccccc23)c2c(N)nccn12. The zero-order valence-electron chi connectivity index (χ0n) is 20.7. The first-order chi connectivity index (χ1) is 17.5. The number of benzene rings is 3. The molecule has 0 saturated carbocycles. The highest BCUT2D eigenvalue weighted by Gasteiger charge is 2.30. The third-order valence-corrected chi connectivity index (χ3v) is 6.19. The number of nitrogens with zero attached hydrogens (tertiary/aromatic N) is 3. The summed E-state index contributed by atoms with van der Waals surface area (Å²) in [6, 6.07) is 17.0. The molecule has 2 heterocycles. The molecule has 5 aromatic rings. The number of alkyl halides is 3. The summed E-state index contributed by atoms with van der Waals surface area (Å²) in [6.07, 6.45) is -0.841. The van der Waals surface area contributed by atoms with Gasteiger partial charge in [-0.3, -0.25) is 4.40 Å². The molecule has 5 rings (SSSR count). The van der Waals surface area contributed by atoms with Gasteiger partial charge in [-0.1, -0.05) is 57.2 Å². The minimum absolute atomic E-state index is 0.221. The Morgan fingerprint density at radius 1 is 0.919 bits per heavy atom. The van der Waals surface area contributed by atoms with E-state index >= 15 is 0 Å². The Hall–Kier alpha value is -4.27. The Kier molecular flexibility index (Phi) is 5.94. The number of fused-ring (bicyclic) bond motifs is 2. The molecule has 0 aliphatic heterocycles. The second-order valence-corrected chi connectivity index (χ2v) is 9.88. The van der Waals surface area contributed by atoms with E-state index in [1.54, 1.807) is 12.3 Å². The van der Waals surface area contributed by atoms with Gasteiger partial charge in [0.05, 0.1) is 12.2 Å². The highest BCUT2D eigenvalue weighted by atomic mass is 19.4. The van der Waals surface area contributed by atoms with Crippen molar-refractivity contribution in [2.45, 2.75) is 32.4 Å². The fourth-order valence-corrected chi connectivity index (χ4v) is 4.49. The molecule has 4 N–H and O–H groups in total. The Balaban J connectivity index is 1.51. The fourth-order valence-electron chi connectivity index (χ4n) is 4.49. The lowest BCUT2D eigenvalue weighted by atomic mass is 9.96. The van der Waals surface area contributed by atoms with Gasteiger partial charge in [0.2, 0.25) is 0 Å². The topological polar surface area (TPSA) is 80.3 Å². The Labute approximate surface area is 212 Å². The van der Waals surface area contributed by atoms with Crippen LogP contribution in [-0.2, 0) is 11.6 Å². The molecule has 0 unspecified atom stereocenters. The lowest BCUT2D eigenvalue weighted by Gasteiger charge is -2.16. The zero-order chi connectivity index (χ0) is 26.4. The maximum Gasteiger partial charge on any atom is 0.416 e. The summed E-state index contributed by atoms with van der Waals surface area (Å²) in [4.78, 5) is 9.32. The van der Waals surface area contributed by atoms with Gasteiger partial charge < -0.3 is 16.4 Å². The predicted octanol–water partition coefficient (Wildman–Crippen LogP) is 6.93. The first kappa shape index (κ1) is 24.4. The van der Waals surface area contributed by atoms with Gasteiger partial charge >= 0.3 is 6.18 Å². The van der Waals surface area contributed by atoms with E-state index in [1.165, 1.54) is 6.07 Å². The number of nitrogen functional groups attached to an aromatic ring is 1. The number of rotatable bonds is 5. The second-order valence-electron chi connectivity index (χ2n) is 9.88. The molecule has 6 nitrogen and oxygen atoms in total. The standard InChI is InChI=1S/C28H27F3N6/c1-27(2,3)26-36-23(24-25(32)33-13-14-37(24)26)21-11-12-22(20-10-5-4-9-19(20)21)35-16-34-18-8-6-7-17(15-18)28(29,30)31/h4-15,34-35H,16H2,1-3H3,(H2,32,33). The van der Waals surface area contributed by atoms with Crippen molar-refractivity contribution in [1.82, 2.24) is 14.4 Å². The monoisotopic (exact) mass is 504 g/mol. The van der Waals surface area contributed by atoms with Gasteiger partial charge in [0, 0.05) is 40.1 Å². The van der Waals surface area contributed by atoms with Crippen LogP contribution in [0.15, 0.2) is 73.1 Å². The third kappa shape index (κ3) is 4.64. The number of imidazole rings is 1. The lowest BCUT2D eigenvalue weighted by Crippen LogP contribution is -2.16. The first-order valence-corrected chi connectivity index (χ1v) is 11.8. The van der Waals surface area contributed by atoms with Gasteiger partial charge in [-0.25, -0.2) is 9.97 Å². The predicted molar refractivity (Wildman–Crippen MR) is 143 cm³/mol. The van der Waals surface area contributed by atoms with E-state index in [0.717, 1.165) is 51.2 Å². The van der Waals surface area contributed by atoms with E-state index in [1.807, 2.05) is 47.0 Å². The summed E-state index contributed by atoms with van der Waals surface area (Å²) in [5.41, 5.74) is 9.05. The van der Waals surface area contributed by atoms with Crippen LogP contribution in [0.1, 0.15) is 32.2 Å². The van der Waals surface area contributed by atoms with Crippen LogP contribution < -0.4 is 16.4 Å². The second kappa shape index (κ2) is 8.99. The van der Waals surface area contributed by atoms with Gasteiger partial charge in [0.1, 0.15) is 22.9 Å². The number of hydrogen-bond acceptors (Lipinski definition) is 5. The van der Waals surface area contributed by atoms with Crippen molar-refractivity contribution in [3.8, 4) is 11.3 Å². The molecule has 0 aliphatic carbocycles. The molecular formula is C28H27F3N6. The van der Waals surface area contributed by atoms with Gasteiger partial charge in [-0.05, 0) is 29.7 Å². The fraction of sp³-hybridized carbons (Fsp3) is 0.214.